The van der Waals surface area contributed by atoms with E-state index in [2.05, 4.69) is 16.6 Å². The molecule has 0 rings (SSSR count). The maximum absolute atomic E-state index is 11.0. The van der Waals surface area contributed by atoms with E-state index in [-0.39, 0.29) is 12.0 Å². The molecule has 0 saturated heterocycles. The topological polar surface area (TPSA) is 38.3 Å². The summed E-state index contributed by atoms with van der Waals surface area (Å²) in [6.07, 6.45) is 3.83. The van der Waals surface area contributed by atoms with Gasteiger partial charge in [0.05, 0.1) is 7.11 Å². The lowest BCUT2D eigenvalue weighted by atomic mass is 10.1. The van der Waals surface area contributed by atoms with Crippen LogP contribution in [0, 0.1) is 0 Å². The molecule has 3 nitrogen and oxygen atoms in total. The average Bonchev–Trinajstić information content (AvgIpc) is 2.13. The van der Waals surface area contributed by atoms with Gasteiger partial charge in [0, 0.05) is 6.04 Å². The van der Waals surface area contributed by atoms with Crippen LogP contribution >= 0.6 is 0 Å². The third kappa shape index (κ3) is 5.42. The van der Waals surface area contributed by atoms with Gasteiger partial charge in [0.1, 0.15) is 6.04 Å². The van der Waals surface area contributed by atoms with Crippen LogP contribution in [0.4, 0.5) is 0 Å². The van der Waals surface area contributed by atoms with E-state index < -0.39 is 0 Å². The molecule has 13 heavy (non-hydrogen) atoms. The molecule has 0 radical (unpaired) electrons. The lowest BCUT2D eigenvalue weighted by Gasteiger charge is -2.17. The van der Waals surface area contributed by atoms with Gasteiger partial charge < -0.3 is 10.1 Å². The predicted molar refractivity (Wildman–Crippen MR) is 53.5 cm³/mol. The van der Waals surface area contributed by atoms with Crippen LogP contribution < -0.4 is 5.32 Å². The van der Waals surface area contributed by atoms with Crippen LogP contribution in [0.3, 0.4) is 0 Å². The zero-order valence-electron chi connectivity index (χ0n) is 8.67. The zero-order valence-corrected chi connectivity index (χ0v) is 8.67. The minimum atomic E-state index is -0.232. The lowest BCUT2D eigenvalue weighted by molar-refractivity contribution is -0.142. The largest absolute Gasteiger partial charge is 0.468 e. The molecule has 0 aliphatic rings. The molecular formula is C10H19NO2. The van der Waals surface area contributed by atoms with Gasteiger partial charge in [0.2, 0.25) is 0 Å². The van der Waals surface area contributed by atoms with E-state index in [9.17, 15) is 4.79 Å². The Morgan fingerprint density at radius 1 is 1.62 bits per heavy atom. The number of carbonyl (C=O) groups excluding carboxylic acids is 1. The van der Waals surface area contributed by atoms with Crippen LogP contribution in [0.1, 0.15) is 26.7 Å². The molecule has 0 aromatic heterocycles. The molecule has 0 fully saturated rings. The summed E-state index contributed by atoms with van der Waals surface area (Å²) >= 11 is 0. The van der Waals surface area contributed by atoms with Crippen molar-refractivity contribution in [1.29, 1.82) is 0 Å². The highest BCUT2D eigenvalue weighted by Gasteiger charge is 2.14. The van der Waals surface area contributed by atoms with Crippen molar-refractivity contribution in [3.8, 4) is 0 Å². The molecule has 2 unspecified atom stereocenters. The van der Waals surface area contributed by atoms with E-state index in [0.29, 0.717) is 6.04 Å². The second-order valence-electron chi connectivity index (χ2n) is 3.18. The van der Waals surface area contributed by atoms with E-state index in [1.54, 1.807) is 6.92 Å². The molecule has 3 heteroatoms. The normalized spacial score (nSPS) is 14.7. The van der Waals surface area contributed by atoms with Gasteiger partial charge in [-0.2, -0.15) is 0 Å². The molecule has 0 spiro atoms. The van der Waals surface area contributed by atoms with Crippen LogP contribution in [-0.4, -0.2) is 25.2 Å². The van der Waals surface area contributed by atoms with E-state index in [0.717, 1.165) is 12.8 Å². The monoisotopic (exact) mass is 185 g/mol. The molecule has 1 N–H and O–H groups in total. The highest BCUT2D eigenvalue weighted by atomic mass is 16.5. The summed E-state index contributed by atoms with van der Waals surface area (Å²) in [5.74, 6) is -0.217. The second kappa shape index (κ2) is 6.66. The number of nitrogens with one attached hydrogen (secondary N) is 1. The Kier molecular flexibility index (Phi) is 6.24. The van der Waals surface area contributed by atoms with Gasteiger partial charge in [-0.15, -0.1) is 6.58 Å². The van der Waals surface area contributed by atoms with Crippen molar-refractivity contribution in [1.82, 2.24) is 5.32 Å². The van der Waals surface area contributed by atoms with Crippen molar-refractivity contribution >= 4 is 5.97 Å². The van der Waals surface area contributed by atoms with E-state index in [1.165, 1.54) is 7.11 Å². The molecule has 0 bridgehead atoms. The fraction of sp³-hybridized carbons (Fsp3) is 0.700. The lowest BCUT2D eigenvalue weighted by Crippen LogP contribution is -2.40. The quantitative estimate of drug-likeness (QED) is 0.503. The minimum absolute atomic E-state index is 0.217. The number of methoxy groups -OCH3 is 1. The third-order valence-electron chi connectivity index (χ3n) is 1.89. The van der Waals surface area contributed by atoms with Crippen LogP contribution in [0.25, 0.3) is 0 Å². The summed E-state index contributed by atoms with van der Waals surface area (Å²) in [6.45, 7) is 7.49. The van der Waals surface area contributed by atoms with E-state index in [1.807, 2.05) is 13.0 Å². The van der Waals surface area contributed by atoms with Gasteiger partial charge >= 0.3 is 5.97 Å². The Morgan fingerprint density at radius 3 is 2.69 bits per heavy atom. The van der Waals surface area contributed by atoms with E-state index in [4.69, 9.17) is 0 Å². The first-order chi connectivity index (χ1) is 6.11. The maximum atomic E-state index is 11.0. The number of allylic oxidation sites excluding steroid dienone is 1. The number of hydrogen-bond acceptors (Lipinski definition) is 3. The molecule has 0 saturated carbocycles. The molecule has 2 atom stereocenters. The highest BCUT2D eigenvalue weighted by molar-refractivity contribution is 5.75. The third-order valence-corrected chi connectivity index (χ3v) is 1.89. The van der Waals surface area contributed by atoms with Crippen LogP contribution in [0.15, 0.2) is 12.7 Å². The van der Waals surface area contributed by atoms with Crippen molar-refractivity contribution in [2.75, 3.05) is 7.11 Å². The van der Waals surface area contributed by atoms with Crippen molar-refractivity contribution < 1.29 is 9.53 Å². The van der Waals surface area contributed by atoms with Gasteiger partial charge in [-0.3, -0.25) is 4.79 Å². The number of ether oxygens (including phenoxy) is 1. The molecule has 0 heterocycles. The number of carbonyl (C=O) groups is 1. The fourth-order valence-corrected chi connectivity index (χ4v) is 1.12. The highest BCUT2D eigenvalue weighted by Crippen LogP contribution is 1.98. The molecule has 0 amide bonds. The average molecular weight is 185 g/mol. The van der Waals surface area contributed by atoms with Crippen molar-refractivity contribution in [3.05, 3.63) is 12.7 Å². The molecule has 0 aliphatic carbocycles. The number of esters is 1. The van der Waals surface area contributed by atoms with Crippen LogP contribution in [0.5, 0.6) is 0 Å². The molecule has 0 aliphatic heterocycles. The summed E-state index contributed by atoms with van der Waals surface area (Å²) in [7, 11) is 1.40. The van der Waals surface area contributed by atoms with Crippen molar-refractivity contribution in [2.45, 2.75) is 38.8 Å². The van der Waals surface area contributed by atoms with Crippen molar-refractivity contribution in [2.24, 2.45) is 0 Å². The summed E-state index contributed by atoms with van der Waals surface area (Å²) in [5.41, 5.74) is 0. The Morgan fingerprint density at radius 2 is 2.23 bits per heavy atom. The Labute approximate surface area is 80.2 Å². The molecule has 0 aromatic rings. The predicted octanol–water partition coefficient (Wildman–Crippen LogP) is 1.49. The van der Waals surface area contributed by atoms with Crippen LogP contribution in [0.2, 0.25) is 0 Å². The first kappa shape index (κ1) is 12.2. The SMILES string of the molecule is C=CCCC(C)NC(C)C(=O)OC. The summed E-state index contributed by atoms with van der Waals surface area (Å²) < 4.78 is 4.60. The van der Waals surface area contributed by atoms with Crippen LogP contribution in [-0.2, 0) is 9.53 Å². The van der Waals surface area contributed by atoms with Gasteiger partial charge in [-0.1, -0.05) is 6.08 Å². The summed E-state index contributed by atoms with van der Waals surface area (Å²) in [6, 6.07) is 0.0805. The maximum Gasteiger partial charge on any atom is 0.322 e. The minimum Gasteiger partial charge on any atom is -0.468 e. The number of rotatable bonds is 6. The Hall–Kier alpha value is -0.830. The summed E-state index contributed by atoms with van der Waals surface area (Å²) in [4.78, 5) is 11.0. The van der Waals surface area contributed by atoms with Gasteiger partial charge in [-0.05, 0) is 26.7 Å². The standard InChI is InChI=1S/C10H19NO2/c1-5-6-7-8(2)11-9(3)10(12)13-4/h5,8-9,11H,1,6-7H2,2-4H3. The van der Waals surface area contributed by atoms with Crippen molar-refractivity contribution in [3.63, 3.8) is 0 Å². The number of hydrogen-bond donors (Lipinski definition) is 1. The first-order valence-electron chi connectivity index (χ1n) is 4.56. The molecule has 76 valence electrons. The van der Waals surface area contributed by atoms with Gasteiger partial charge in [0.15, 0.2) is 0 Å². The second-order valence-corrected chi connectivity index (χ2v) is 3.18. The molecular weight excluding hydrogens is 166 g/mol. The smallest absolute Gasteiger partial charge is 0.322 e. The Bertz CT molecular complexity index is 168. The van der Waals surface area contributed by atoms with Gasteiger partial charge in [0.25, 0.3) is 0 Å². The fourth-order valence-electron chi connectivity index (χ4n) is 1.12. The zero-order chi connectivity index (χ0) is 10.3. The first-order valence-corrected chi connectivity index (χ1v) is 4.56. The van der Waals surface area contributed by atoms with Gasteiger partial charge in [-0.25, -0.2) is 0 Å². The molecule has 0 aromatic carbocycles. The Balaban J connectivity index is 3.70. The van der Waals surface area contributed by atoms with E-state index >= 15 is 0 Å². The summed E-state index contributed by atoms with van der Waals surface area (Å²) in [5, 5.41) is 3.14.